The van der Waals surface area contributed by atoms with E-state index in [0.717, 1.165) is 11.8 Å². The van der Waals surface area contributed by atoms with Crippen LogP contribution in [0.2, 0.25) is 0 Å². The van der Waals surface area contributed by atoms with Crippen LogP contribution >= 0.6 is 0 Å². The van der Waals surface area contributed by atoms with Gasteiger partial charge in [-0.1, -0.05) is 220 Å². The van der Waals surface area contributed by atoms with Gasteiger partial charge in [0.25, 0.3) is 0 Å². The first-order valence-electron chi connectivity index (χ1n) is 17.8. The Morgan fingerprint density at radius 2 is 0.444 bits per heavy atom. The van der Waals surface area contributed by atoms with Crippen molar-refractivity contribution in [1.29, 1.82) is 0 Å². The zero-order valence-electron chi connectivity index (χ0n) is 26.4. The smallest absolute Gasteiger partial charge is 0.0389 e. The molecule has 0 N–H and O–H groups in total. The minimum absolute atomic E-state index is 1.00. The van der Waals surface area contributed by atoms with E-state index in [-0.39, 0.29) is 0 Å². The first-order chi connectivity index (χ1) is 17.8. The van der Waals surface area contributed by atoms with Gasteiger partial charge in [-0.15, -0.1) is 0 Å². The van der Waals surface area contributed by atoms with Crippen LogP contribution in [0.5, 0.6) is 0 Å². The van der Waals surface area contributed by atoms with Crippen LogP contribution in [0, 0.1) is 11.8 Å². The van der Waals surface area contributed by atoms with Gasteiger partial charge in [-0.25, -0.2) is 0 Å². The van der Waals surface area contributed by atoms with E-state index in [2.05, 4.69) is 27.7 Å². The molecule has 0 amide bonds. The minimum atomic E-state index is 1.00. The second kappa shape index (κ2) is 31.2. The van der Waals surface area contributed by atoms with Gasteiger partial charge in [-0.3, -0.25) is 0 Å². The van der Waals surface area contributed by atoms with Crippen molar-refractivity contribution in [3.8, 4) is 0 Å². The summed E-state index contributed by atoms with van der Waals surface area (Å²) in [6, 6.07) is 0. The Hall–Kier alpha value is 0. The highest BCUT2D eigenvalue weighted by Crippen LogP contribution is 2.30. The van der Waals surface area contributed by atoms with Gasteiger partial charge < -0.3 is 0 Å². The summed E-state index contributed by atoms with van der Waals surface area (Å²) in [6.07, 6.45) is 44.1. The molecule has 0 aliphatic rings. The molecule has 0 saturated heterocycles. The Morgan fingerprint density at radius 1 is 0.250 bits per heavy atom. The van der Waals surface area contributed by atoms with Crippen LogP contribution in [-0.4, -0.2) is 0 Å². The molecule has 36 heavy (non-hydrogen) atoms. The zero-order valence-corrected chi connectivity index (χ0v) is 26.4. The Bertz CT molecular complexity index is 336. The molecule has 218 valence electrons. The lowest BCUT2D eigenvalue weighted by Gasteiger charge is -2.25. The molecule has 0 aromatic carbocycles. The first-order valence-corrected chi connectivity index (χ1v) is 17.8. The number of hydrogen-bond acceptors (Lipinski definition) is 0. The fourth-order valence-corrected chi connectivity index (χ4v) is 6.39. The van der Waals surface area contributed by atoms with E-state index in [9.17, 15) is 0 Å². The van der Waals surface area contributed by atoms with Gasteiger partial charge in [0.05, 0.1) is 0 Å². The van der Waals surface area contributed by atoms with E-state index < -0.39 is 0 Å². The maximum atomic E-state index is 2.46. The van der Waals surface area contributed by atoms with Crippen molar-refractivity contribution in [1.82, 2.24) is 0 Å². The molecule has 0 saturated carbocycles. The largest absolute Gasteiger partial charge is 0.0654 e. The van der Waals surface area contributed by atoms with Crippen molar-refractivity contribution in [2.75, 3.05) is 0 Å². The highest BCUT2D eigenvalue weighted by Gasteiger charge is 2.17. The molecule has 0 rings (SSSR count). The molecule has 0 fully saturated rings. The first kappa shape index (κ1) is 36.0. The zero-order chi connectivity index (χ0) is 26.4. The molecule has 0 radical (unpaired) electrons. The average Bonchev–Trinajstić information content (AvgIpc) is 2.90. The summed E-state index contributed by atoms with van der Waals surface area (Å²) in [7, 11) is 0. The Labute approximate surface area is 232 Å². The lowest BCUT2D eigenvalue weighted by atomic mass is 9.81. The third-order valence-corrected chi connectivity index (χ3v) is 9.07. The average molecular weight is 507 g/mol. The van der Waals surface area contributed by atoms with E-state index in [4.69, 9.17) is 0 Å². The molecule has 0 aliphatic carbocycles. The van der Waals surface area contributed by atoms with E-state index >= 15 is 0 Å². The standard InChI is InChI=1S/C36H74/c1-5-9-11-13-15-17-19-21-23-25-27-29-31-33-35(7-3)36(8-4)34-32-30-28-26-24-22-20-18-16-14-12-10-6-2/h35-36H,5-34H2,1-4H3. The summed E-state index contributed by atoms with van der Waals surface area (Å²) in [6.45, 7) is 9.54. The van der Waals surface area contributed by atoms with Gasteiger partial charge in [0.15, 0.2) is 0 Å². The third kappa shape index (κ3) is 25.6. The molecule has 0 nitrogen and oxygen atoms in total. The molecule has 0 aliphatic heterocycles. The van der Waals surface area contributed by atoms with Crippen molar-refractivity contribution < 1.29 is 0 Å². The molecule has 0 bridgehead atoms. The van der Waals surface area contributed by atoms with Gasteiger partial charge in [-0.05, 0) is 11.8 Å². The Morgan fingerprint density at radius 3 is 0.639 bits per heavy atom. The van der Waals surface area contributed by atoms with Crippen molar-refractivity contribution in [3.63, 3.8) is 0 Å². The summed E-state index contributed by atoms with van der Waals surface area (Å²) in [5, 5.41) is 0. The summed E-state index contributed by atoms with van der Waals surface area (Å²) < 4.78 is 0. The summed E-state index contributed by atoms with van der Waals surface area (Å²) in [4.78, 5) is 0. The molecule has 0 aromatic heterocycles. The van der Waals surface area contributed by atoms with E-state index in [1.165, 1.54) is 193 Å². The fraction of sp³-hybridized carbons (Fsp3) is 1.00. The number of rotatable bonds is 31. The monoisotopic (exact) mass is 507 g/mol. The molecule has 2 atom stereocenters. The van der Waals surface area contributed by atoms with E-state index in [0.29, 0.717) is 0 Å². The van der Waals surface area contributed by atoms with Gasteiger partial charge in [0, 0.05) is 0 Å². The van der Waals surface area contributed by atoms with Crippen LogP contribution in [0.3, 0.4) is 0 Å². The van der Waals surface area contributed by atoms with Gasteiger partial charge in [0.2, 0.25) is 0 Å². The van der Waals surface area contributed by atoms with Crippen molar-refractivity contribution in [2.45, 2.75) is 220 Å². The maximum absolute atomic E-state index is 2.46. The predicted molar refractivity (Wildman–Crippen MR) is 168 cm³/mol. The predicted octanol–water partition coefficient (Wildman–Crippen LogP) is 14.0. The molecular weight excluding hydrogens is 432 g/mol. The molecule has 0 spiro atoms. The third-order valence-electron chi connectivity index (χ3n) is 9.07. The molecule has 2 unspecified atom stereocenters. The Balaban J connectivity index is 3.54. The highest BCUT2D eigenvalue weighted by molar-refractivity contribution is 4.69. The van der Waals surface area contributed by atoms with E-state index in [1.807, 2.05) is 0 Å². The van der Waals surface area contributed by atoms with Gasteiger partial charge in [0.1, 0.15) is 0 Å². The SMILES string of the molecule is CCCCCCCCCCCCCCCC(CC)C(CC)CCCCCCCCCCCCCCC. The topological polar surface area (TPSA) is 0 Å². The van der Waals surface area contributed by atoms with Crippen LogP contribution in [0.4, 0.5) is 0 Å². The highest BCUT2D eigenvalue weighted by atomic mass is 14.2. The molecule has 0 heteroatoms. The van der Waals surface area contributed by atoms with Gasteiger partial charge >= 0.3 is 0 Å². The second-order valence-corrected chi connectivity index (χ2v) is 12.4. The minimum Gasteiger partial charge on any atom is -0.0654 e. The number of unbranched alkanes of at least 4 members (excludes halogenated alkanes) is 24. The quantitative estimate of drug-likeness (QED) is 0.0820. The summed E-state index contributed by atoms with van der Waals surface area (Å²) >= 11 is 0. The van der Waals surface area contributed by atoms with Crippen LogP contribution in [0.1, 0.15) is 220 Å². The Kier molecular flexibility index (Phi) is 31.2. The maximum Gasteiger partial charge on any atom is -0.0389 e. The van der Waals surface area contributed by atoms with Crippen LogP contribution in [0.15, 0.2) is 0 Å². The van der Waals surface area contributed by atoms with Crippen molar-refractivity contribution in [2.24, 2.45) is 11.8 Å². The van der Waals surface area contributed by atoms with Crippen LogP contribution in [-0.2, 0) is 0 Å². The van der Waals surface area contributed by atoms with Crippen LogP contribution < -0.4 is 0 Å². The van der Waals surface area contributed by atoms with E-state index in [1.54, 1.807) is 0 Å². The van der Waals surface area contributed by atoms with Crippen LogP contribution in [0.25, 0.3) is 0 Å². The lowest BCUT2D eigenvalue weighted by Crippen LogP contribution is -2.13. The molecule has 0 heterocycles. The second-order valence-electron chi connectivity index (χ2n) is 12.4. The normalized spacial score (nSPS) is 13.3. The molecule has 0 aromatic rings. The van der Waals surface area contributed by atoms with Crippen molar-refractivity contribution >= 4 is 0 Å². The summed E-state index contributed by atoms with van der Waals surface area (Å²) in [5.74, 6) is 2.00. The lowest BCUT2D eigenvalue weighted by molar-refractivity contribution is 0.263. The van der Waals surface area contributed by atoms with Gasteiger partial charge in [-0.2, -0.15) is 0 Å². The fourth-order valence-electron chi connectivity index (χ4n) is 6.39. The van der Waals surface area contributed by atoms with Crippen molar-refractivity contribution in [3.05, 3.63) is 0 Å². The summed E-state index contributed by atoms with van der Waals surface area (Å²) in [5.41, 5.74) is 0. The molecular formula is C36H74. The number of hydrogen-bond donors (Lipinski definition) is 0.